The van der Waals surface area contributed by atoms with E-state index in [4.69, 9.17) is 10.4 Å². The molecule has 1 atom stereocenters. The molecule has 2 aliphatic rings. The maximum Gasteiger partial charge on any atom is 0.320 e. The minimum atomic E-state index is -1.07. The molecule has 0 fully saturated rings. The van der Waals surface area contributed by atoms with Gasteiger partial charge in [-0.2, -0.15) is 5.26 Å². The number of carbonyl (C=O) groups is 1. The van der Waals surface area contributed by atoms with E-state index in [2.05, 4.69) is 43.4 Å². The number of nitrogens with zero attached hydrogens (tertiary/aromatic N) is 1. The summed E-state index contributed by atoms with van der Waals surface area (Å²) in [5.74, 6) is -1.94. The highest BCUT2D eigenvalue weighted by molar-refractivity contribution is 5.75. The van der Waals surface area contributed by atoms with Crippen molar-refractivity contribution in [2.75, 3.05) is 13.1 Å². The molecule has 0 aromatic carbocycles. The van der Waals surface area contributed by atoms with Gasteiger partial charge in [0, 0.05) is 0 Å². The monoisotopic (exact) mass is 248 g/mol. The number of nitriles is 1. The van der Waals surface area contributed by atoms with Gasteiger partial charge in [0.15, 0.2) is 0 Å². The second-order valence-corrected chi connectivity index (χ2v) is 3.72. The summed E-state index contributed by atoms with van der Waals surface area (Å²) in [7, 11) is 0. The Kier molecular flexibility index (Phi) is 8.25. The number of hydrogen-bond donors (Lipinski definition) is 2. The van der Waals surface area contributed by atoms with Crippen LogP contribution in [0.1, 0.15) is 20.8 Å². The van der Waals surface area contributed by atoms with Gasteiger partial charge >= 0.3 is 5.97 Å². The molecule has 98 valence electrons. The van der Waals surface area contributed by atoms with Gasteiger partial charge in [-0.1, -0.05) is 38.1 Å². The molecule has 0 radical (unpaired) electrons. The molecular weight excluding hydrogens is 228 g/mol. The fourth-order valence-corrected chi connectivity index (χ4v) is 0.968. The van der Waals surface area contributed by atoms with Crippen LogP contribution in [-0.4, -0.2) is 24.2 Å². The Bertz CT molecular complexity index is 370. The van der Waals surface area contributed by atoms with Crippen LogP contribution in [0, 0.1) is 17.2 Å². The van der Waals surface area contributed by atoms with Crippen molar-refractivity contribution in [1.82, 2.24) is 5.32 Å². The van der Waals surface area contributed by atoms with Crippen LogP contribution in [0.25, 0.3) is 11.1 Å². The number of carboxylic acid groups (broad SMARTS) is 1. The van der Waals surface area contributed by atoms with Crippen molar-refractivity contribution in [3.05, 3.63) is 24.3 Å². The molecule has 0 saturated carbocycles. The van der Waals surface area contributed by atoms with Crippen LogP contribution in [0.15, 0.2) is 24.3 Å². The molecule has 1 unspecified atom stereocenters. The molecule has 0 aromatic rings. The first-order valence-corrected chi connectivity index (χ1v) is 6.00. The molecule has 0 saturated heterocycles. The molecule has 18 heavy (non-hydrogen) atoms. The van der Waals surface area contributed by atoms with Crippen molar-refractivity contribution in [2.24, 2.45) is 5.92 Å². The molecule has 4 nitrogen and oxygen atoms in total. The first kappa shape index (κ1) is 16.1. The quantitative estimate of drug-likeness (QED) is 0.875. The van der Waals surface area contributed by atoms with Crippen molar-refractivity contribution in [3.8, 4) is 17.2 Å². The number of nitrogens with one attached hydrogen (secondary N) is 1. The predicted molar refractivity (Wildman–Crippen MR) is 72.1 cm³/mol. The largest absolute Gasteiger partial charge is 0.480 e. The van der Waals surface area contributed by atoms with Crippen LogP contribution in [0.2, 0.25) is 0 Å². The van der Waals surface area contributed by atoms with Gasteiger partial charge in [0.1, 0.15) is 5.92 Å². The molecule has 4 heteroatoms. The van der Waals surface area contributed by atoms with Gasteiger partial charge in [-0.15, -0.1) is 0 Å². The summed E-state index contributed by atoms with van der Waals surface area (Å²) < 4.78 is 0. The number of carboxylic acids is 1. The minimum absolute atomic E-state index is 0.875. The van der Waals surface area contributed by atoms with Gasteiger partial charge < -0.3 is 10.4 Å². The summed E-state index contributed by atoms with van der Waals surface area (Å²) in [4.78, 5) is 9.71. The second-order valence-electron chi connectivity index (χ2n) is 3.72. The SMILES string of the molecule is CC(C#N)C(=O)O.CCNCC.c1cc2ccc1-2. The average Bonchev–Trinajstić information content (AvgIpc) is 2.35. The van der Waals surface area contributed by atoms with Crippen molar-refractivity contribution < 1.29 is 9.90 Å². The van der Waals surface area contributed by atoms with Gasteiger partial charge in [-0.3, -0.25) is 4.79 Å². The van der Waals surface area contributed by atoms with E-state index < -0.39 is 11.9 Å². The Morgan fingerprint density at radius 2 is 1.67 bits per heavy atom. The normalized spacial score (nSPS) is 10.8. The first-order chi connectivity index (χ1) is 8.56. The molecule has 0 bridgehead atoms. The summed E-state index contributed by atoms with van der Waals surface area (Å²) in [6.45, 7) is 7.72. The highest BCUT2D eigenvalue weighted by atomic mass is 16.4. The molecule has 2 N–H and O–H groups in total. The van der Waals surface area contributed by atoms with Crippen molar-refractivity contribution >= 4 is 5.97 Å². The van der Waals surface area contributed by atoms with Gasteiger partial charge in [0.2, 0.25) is 0 Å². The number of rotatable bonds is 3. The van der Waals surface area contributed by atoms with E-state index in [0.29, 0.717) is 0 Å². The lowest BCUT2D eigenvalue weighted by Gasteiger charge is -2.10. The Labute approximate surface area is 108 Å². The lowest BCUT2D eigenvalue weighted by Crippen LogP contribution is -2.09. The minimum Gasteiger partial charge on any atom is -0.480 e. The third kappa shape index (κ3) is 6.02. The van der Waals surface area contributed by atoms with E-state index in [0.717, 1.165) is 13.1 Å². The second kappa shape index (κ2) is 9.20. The average molecular weight is 248 g/mol. The van der Waals surface area contributed by atoms with E-state index in [1.807, 2.05) is 0 Å². The van der Waals surface area contributed by atoms with Crippen LogP contribution >= 0.6 is 0 Å². The Morgan fingerprint density at radius 3 is 1.67 bits per heavy atom. The molecule has 0 amide bonds. The van der Waals surface area contributed by atoms with Gasteiger partial charge in [-0.25, -0.2) is 0 Å². The Balaban J connectivity index is 0.000000244. The summed E-state index contributed by atoms with van der Waals surface area (Å²) in [5.41, 5.74) is 2.85. The summed E-state index contributed by atoms with van der Waals surface area (Å²) in [6, 6.07) is 10.0. The van der Waals surface area contributed by atoms with Crippen LogP contribution in [-0.2, 0) is 4.79 Å². The van der Waals surface area contributed by atoms with E-state index in [1.165, 1.54) is 18.1 Å². The number of aliphatic carboxylic acids is 1. The topological polar surface area (TPSA) is 73.1 Å². The smallest absolute Gasteiger partial charge is 0.320 e. The van der Waals surface area contributed by atoms with Crippen molar-refractivity contribution in [1.29, 1.82) is 5.26 Å². The van der Waals surface area contributed by atoms with E-state index >= 15 is 0 Å². The summed E-state index contributed by atoms with van der Waals surface area (Å²) in [5, 5.41) is 18.9. The predicted octanol–water partition coefficient (Wildman–Crippen LogP) is 2.51. The maximum atomic E-state index is 9.71. The van der Waals surface area contributed by atoms with Gasteiger partial charge in [-0.05, 0) is 31.1 Å². The molecule has 0 heterocycles. The fraction of sp³-hybridized carbons (Fsp3) is 0.429. The molecular formula is C14H20N2O2. The van der Waals surface area contributed by atoms with Crippen LogP contribution in [0.5, 0.6) is 0 Å². The lowest BCUT2D eigenvalue weighted by molar-refractivity contribution is -0.139. The van der Waals surface area contributed by atoms with E-state index in [-0.39, 0.29) is 0 Å². The maximum absolute atomic E-state index is 9.71. The first-order valence-electron chi connectivity index (χ1n) is 6.00. The van der Waals surface area contributed by atoms with E-state index in [1.54, 1.807) is 6.07 Å². The molecule has 0 aromatic heterocycles. The third-order valence-corrected chi connectivity index (χ3v) is 2.28. The van der Waals surface area contributed by atoms with Gasteiger partial charge in [0.25, 0.3) is 0 Å². The van der Waals surface area contributed by atoms with Crippen molar-refractivity contribution in [3.63, 3.8) is 0 Å². The highest BCUT2D eigenvalue weighted by Gasteiger charge is 2.06. The molecule has 2 aliphatic carbocycles. The van der Waals surface area contributed by atoms with E-state index in [9.17, 15) is 4.79 Å². The van der Waals surface area contributed by atoms with Crippen LogP contribution < -0.4 is 5.32 Å². The van der Waals surface area contributed by atoms with Gasteiger partial charge in [0.05, 0.1) is 6.07 Å². The standard InChI is InChI=1S/C6H4.C4H5NO2.C4H11N/c1-2-6-4-3-5(1)6;1-3(2-5)4(6)7;1-3-5-4-2/h1-4H;3H,1H3,(H,6,7);5H,3-4H2,1-2H3. The van der Waals surface area contributed by atoms with Crippen molar-refractivity contribution in [2.45, 2.75) is 20.8 Å². The summed E-state index contributed by atoms with van der Waals surface area (Å²) in [6.07, 6.45) is 0. The Hall–Kier alpha value is -1.86. The number of fused-ring (bicyclic) bond motifs is 1. The molecule has 0 spiro atoms. The number of benzene rings is 1. The Morgan fingerprint density at radius 1 is 1.28 bits per heavy atom. The third-order valence-electron chi connectivity index (χ3n) is 2.28. The molecule has 0 aliphatic heterocycles. The fourth-order valence-electron chi connectivity index (χ4n) is 0.968. The number of hydrogen-bond acceptors (Lipinski definition) is 3. The highest BCUT2D eigenvalue weighted by Crippen LogP contribution is 2.29. The lowest BCUT2D eigenvalue weighted by atomic mass is 9.95. The zero-order valence-corrected chi connectivity index (χ0v) is 11.1. The van der Waals surface area contributed by atoms with Crippen LogP contribution in [0.4, 0.5) is 0 Å². The molecule has 2 rings (SSSR count). The zero-order valence-electron chi connectivity index (χ0n) is 11.1. The zero-order chi connectivity index (χ0) is 14.0. The summed E-state index contributed by atoms with van der Waals surface area (Å²) >= 11 is 0. The van der Waals surface area contributed by atoms with Crippen LogP contribution in [0.3, 0.4) is 0 Å².